The normalized spacial score (nSPS) is 2.70. The van der Waals surface area contributed by atoms with Gasteiger partial charge in [-0.05, 0) is 0 Å². The molecule has 0 aromatic heterocycles. The van der Waals surface area contributed by atoms with Gasteiger partial charge in [-0.1, -0.05) is 0 Å². The van der Waals surface area contributed by atoms with Crippen LogP contribution in [0.1, 0.15) is 0 Å². The van der Waals surface area contributed by atoms with Gasteiger partial charge in [0, 0.05) is 59.1 Å². The summed E-state index contributed by atoms with van der Waals surface area (Å²) in [7, 11) is -2.17. The molecule has 58 valence electrons. The Morgan fingerprint density at radius 2 is 0.600 bits per heavy atom. The molecule has 0 unspecified atom stereocenters. The summed E-state index contributed by atoms with van der Waals surface area (Å²) in [5.74, 6) is 0. The van der Waals surface area contributed by atoms with Gasteiger partial charge >= 0.3 is 7.32 Å². The maximum absolute atomic E-state index is 7.17. The Morgan fingerprint density at radius 1 is 0.600 bits per heavy atom. The van der Waals surface area contributed by atoms with Crippen LogP contribution >= 0.6 is 0 Å². The molecule has 0 saturated heterocycles. The van der Waals surface area contributed by atoms with Crippen molar-refractivity contribution in [2.75, 3.05) is 0 Å². The molecule has 2 radical (unpaired) electrons. The Hall–Kier alpha value is 1.78. The molecule has 0 aliphatic heterocycles. The maximum atomic E-state index is 7.17. The molecule has 0 atom stereocenters. The first kappa shape index (κ1) is 59.9. The molecule has 0 aliphatic rings. The third-order valence-electron chi connectivity index (χ3n) is 0. The van der Waals surface area contributed by atoms with E-state index >= 15 is 0 Å². The largest absolute Gasteiger partial charge is 0.631 e. The summed E-state index contributed by atoms with van der Waals surface area (Å²) in [6, 6.07) is 0. The van der Waals surface area contributed by atoms with Gasteiger partial charge in [0.2, 0.25) is 0 Å². The van der Waals surface area contributed by atoms with Gasteiger partial charge in [-0.15, -0.1) is 0 Å². The van der Waals surface area contributed by atoms with Crippen LogP contribution in [0.4, 0.5) is 0 Å². The van der Waals surface area contributed by atoms with Gasteiger partial charge in [0.1, 0.15) is 0 Å². The van der Waals surface area contributed by atoms with Crippen LogP contribution < -0.4 is 0 Å². The molecular weight excluding hydrogens is 169 g/mol. The number of hydrogen-bond donors (Lipinski definition) is 3. The minimum atomic E-state index is -2.17. The van der Waals surface area contributed by atoms with E-state index in [0.717, 1.165) is 0 Å². The molecule has 0 spiro atoms. The molecular formula is H11BNa2O7. The summed E-state index contributed by atoms with van der Waals surface area (Å²) >= 11 is 0. The average molecular weight is 180 g/mol. The first-order valence-electron chi connectivity index (χ1n) is 0.775. The Balaban J connectivity index is -0.00000000300. The molecule has 0 saturated carbocycles. The van der Waals surface area contributed by atoms with Crippen molar-refractivity contribution < 1.29 is 37.0 Å². The predicted molar refractivity (Wildman–Crippen MR) is 38.4 cm³/mol. The fraction of sp³-hybridized carbons (Fsp3) is 0. The van der Waals surface area contributed by atoms with Crippen LogP contribution in [0.2, 0.25) is 0 Å². The zero-order valence-corrected chi connectivity index (χ0v) is 9.92. The molecule has 0 fully saturated rings. The molecule has 0 amide bonds. The topological polar surface area (TPSA) is 187 Å². The minimum Gasteiger partial charge on any atom is -0.412 e. The average Bonchev–Trinajstić information content (AvgIpc) is 0.811. The van der Waals surface area contributed by atoms with Gasteiger partial charge in [0.15, 0.2) is 0 Å². The fourth-order valence-corrected chi connectivity index (χ4v) is 0. The second-order valence-electron chi connectivity index (χ2n) is 0.346. The van der Waals surface area contributed by atoms with Gasteiger partial charge in [0.05, 0.1) is 0 Å². The van der Waals surface area contributed by atoms with Crippen LogP contribution in [0, 0.1) is 0 Å². The predicted octanol–water partition coefficient (Wildman–Crippen LogP) is -6.11. The quantitative estimate of drug-likeness (QED) is 0.313. The summed E-state index contributed by atoms with van der Waals surface area (Å²) in [5.41, 5.74) is 0. The zero-order chi connectivity index (χ0) is 3.58. The van der Waals surface area contributed by atoms with Crippen LogP contribution in [0.3, 0.4) is 0 Å². The second kappa shape index (κ2) is 45.1. The molecule has 0 rings (SSSR count). The van der Waals surface area contributed by atoms with Crippen molar-refractivity contribution in [3.63, 3.8) is 0 Å². The van der Waals surface area contributed by atoms with Crippen molar-refractivity contribution in [3.05, 3.63) is 0 Å². The van der Waals surface area contributed by atoms with E-state index in [9.17, 15) is 0 Å². The first-order valence-corrected chi connectivity index (χ1v) is 0.775. The molecule has 0 aliphatic carbocycles. The Bertz CT molecular complexity index is 16.3. The van der Waals surface area contributed by atoms with Crippen molar-refractivity contribution in [1.82, 2.24) is 0 Å². The van der Waals surface area contributed by atoms with Crippen LogP contribution in [0.5, 0.6) is 0 Å². The Morgan fingerprint density at radius 3 is 0.600 bits per heavy atom. The van der Waals surface area contributed by atoms with Crippen molar-refractivity contribution >= 4 is 66.4 Å². The van der Waals surface area contributed by atoms with Gasteiger partial charge in [-0.25, -0.2) is 0 Å². The molecule has 10 heavy (non-hydrogen) atoms. The van der Waals surface area contributed by atoms with Crippen molar-refractivity contribution in [2.24, 2.45) is 0 Å². The van der Waals surface area contributed by atoms with Crippen molar-refractivity contribution in [2.45, 2.75) is 0 Å². The summed E-state index contributed by atoms with van der Waals surface area (Å²) in [6.07, 6.45) is 0. The van der Waals surface area contributed by atoms with Gasteiger partial charge in [-0.3, -0.25) is 0 Å². The maximum Gasteiger partial charge on any atom is 0.631 e. The molecule has 10 heteroatoms. The van der Waals surface area contributed by atoms with E-state index in [1.54, 1.807) is 0 Å². The molecule has 11 N–H and O–H groups in total. The van der Waals surface area contributed by atoms with Crippen LogP contribution in [-0.2, 0) is 0 Å². The molecule has 0 bridgehead atoms. The molecule has 0 aromatic carbocycles. The Labute approximate surface area is 102 Å². The van der Waals surface area contributed by atoms with Crippen LogP contribution in [0.15, 0.2) is 0 Å². The molecule has 0 heterocycles. The smallest absolute Gasteiger partial charge is 0.412 e. The van der Waals surface area contributed by atoms with E-state index in [0.29, 0.717) is 0 Å². The summed E-state index contributed by atoms with van der Waals surface area (Å²) in [6.45, 7) is 0. The van der Waals surface area contributed by atoms with Gasteiger partial charge < -0.3 is 37.0 Å². The summed E-state index contributed by atoms with van der Waals surface area (Å²) < 4.78 is 0. The second-order valence-corrected chi connectivity index (χ2v) is 0.346. The summed E-state index contributed by atoms with van der Waals surface area (Å²) in [4.78, 5) is 0. The third-order valence-corrected chi connectivity index (χ3v) is 0. The molecule has 7 nitrogen and oxygen atoms in total. The third kappa shape index (κ3) is 237. The van der Waals surface area contributed by atoms with E-state index in [-0.39, 0.29) is 81.0 Å². The monoisotopic (exact) mass is 180 g/mol. The molecule has 0 aromatic rings. The van der Waals surface area contributed by atoms with E-state index in [2.05, 4.69) is 0 Å². The van der Waals surface area contributed by atoms with Gasteiger partial charge in [0.25, 0.3) is 0 Å². The standard InChI is InChI=1S/BH3O3.2Na.4H2O/c2-1(3)4;;;;;;/h2-4H;;;4*1H2. The zero-order valence-electron chi connectivity index (χ0n) is 5.92. The van der Waals surface area contributed by atoms with Gasteiger partial charge in [-0.2, -0.15) is 0 Å². The first-order chi connectivity index (χ1) is 1.73. The van der Waals surface area contributed by atoms with Crippen LogP contribution in [0.25, 0.3) is 0 Å². The van der Waals surface area contributed by atoms with E-state index in [1.807, 2.05) is 0 Å². The summed E-state index contributed by atoms with van der Waals surface area (Å²) in [5, 5.41) is 21.5. The Kier molecular flexibility index (Phi) is 270. The SMILES string of the molecule is O.O.O.O.OB(O)O.[Na].[Na]. The van der Waals surface area contributed by atoms with E-state index in [1.165, 1.54) is 0 Å². The van der Waals surface area contributed by atoms with E-state index < -0.39 is 7.32 Å². The van der Waals surface area contributed by atoms with E-state index in [4.69, 9.17) is 15.1 Å². The van der Waals surface area contributed by atoms with Crippen LogP contribution in [-0.4, -0.2) is 103 Å². The number of rotatable bonds is 0. The van der Waals surface area contributed by atoms with Crippen molar-refractivity contribution in [3.8, 4) is 0 Å². The number of hydrogen-bond acceptors (Lipinski definition) is 3. The minimum absolute atomic E-state index is 0. The van der Waals surface area contributed by atoms with Crippen molar-refractivity contribution in [1.29, 1.82) is 0 Å². The fourth-order valence-electron chi connectivity index (χ4n) is 0.